The molecule has 1 aromatic heterocycles. The third kappa shape index (κ3) is 4.69. The number of carbonyl (C=O) groups is 2. The number of aromatic nitrogens is 1. The average molecular weight is 543 g/mol. The Bertz CT molecular complexity index is 1310. The number of primary amides is 1. The van der Waals surface area contributed by atoms with Crippen molar-refractivity contribution in [2.75, 3.05) is 0 Å². The summed E-state index contributed by atoms with van der Waals surface area (Å²) in [7, 11) is 0. The lowest BCUT2D eigenvalue weighted by atomic mass is 10.1. The fourth-order valence-corrected chi connectivity index (χ4v) is 4.60. The Morgan fingerprint density at radius 1 is 1.00 bits per heavy atom. The van der Waals surface area contributed by atoms with Gasteiger partial charge in [-0.2, -0.15) is 10.4 Å². The van der Waals surface area contributed by atoms with Crippen LogP contribution in [0, 0.1) is 6.92 Å². The molecule has 3 aromatic carbocycles. The van der Waals surface area contributed by atoms with Crippen LogP contribution in [0.25, 0.3) is 11.3 Å². The average Bonchev–Trinajstić information content (AvgIpc) is 3.29. The quantitative estimate of drug-likeness (QED) is 0.225. The van der Waals surface area contributed by atoms with Crippen LogP contribution in [0.1, 0.15) is 15.9 Å². The zero-order chi connectivity index (χ0) is 23.6. The third-order valence-electron chi connectivity index (χ3n) is 5.05. The first-order valence-electron chi connectivity index (χ1n) is 9.86. The molecule has 0 bridgehead atoms. The van der Waals surface area contributed by atoms with E-state index in [2.05, 4.69) is 21.4 Å². The molecule has 3 N–H and O–H groups in total. The molecular weight excluding hydrogens is 524 g/mol. The van der Waals surface area contributed by atoms with Gasteiger partial charge in [0.1, 0.15) is 0 Å². The van der Waals surface area contributed by atoms with Gasteiger partial charge in [0.2, 0.25) is 0 Å². The number of nitrogens with two attached hydrogens (primary N) is 1. The SMILES string of the molecule is Cc1ccc(C(=O)N[N+](C(N)=O)(c2ccc(Cl)cc2)c2nc(-c3ccc(Br)cc3)cs2)cc1. The molecule has 1 heterocycles. The summed E-state index contributed by atoms with van der Waals surface area (Å²) >= 11 is 10.7. The van der Waals surface area contributed by atoms with E-state index in [9.17, 15) is 9.59 Å². The molecule has 9 heteroatoms. The molecule has 0 aliphatic heterocycles. The fraction of sp³-hybridized carbons (Fsp3) is 0.0417. The molecule has 0 radical (unpaired) electrons. The number of benzene rings is 3. The number of carbonyl (C=O) groups excluding carboxylic acids is 2. The van der Waals surface area contributed by atoms with Crippen molar-refractivity contribution in [3.63, 3.8) is 0 Å². The van der Waals surface area contributed by atoms with Crippen LogP contribution < -0.4 is 15.8 Å². The van der Waals surface area contributed by atoms with E-state index in [1.54, 1.807) is 36.4 Å². The van der Waals surface area contributed by atoms with Gasteiger partial charge < -0.3 is 5.73 Å². The lowest BCUT2D eigenvalue weighted by molar-refractivity contribution is 0.0881. The molecule has 4 aromatic rings. The Morgan fingerprint density at radius 2 is 1.64 bits per heavy atom. The molecule has 0 saturated heterocycles. The second kappa shape index (κ2) is 9.44. The van der Waals surface area contributed by atoms with Crippen LogP contribution in [-0.2, 0) is 0 Å². The van der Waals surface area contributed by atoms with Gasteiger partial charge in [-0.25, -0.2) is 4.79 Å². The zero-order valence-electron chi connectivity index (χ0n) is 17.5. The van der Waals surface area contributed by atoms with E-state index < -0.39 is 16.5 Å². The Morgan fingerprint density at radius 3 is 2.24 bits per heavy atom. The molecule has 33 heavy (non-hydrogen) atoms. The Kier molecular flexibility index (Phi) is 6.62. The van der Waals surface area contributed by atoms with Gasteiger partial charge in [-0.15, -0.1) is 0 Å². The first-order chi connectivity index (χ1) is 15.8. The van der Waals surface area contributed by atoms with Crippen molar-refractivity contribution in [2.24, 2.45) is 5.73 Å². The summed E-state index contributed by atoms with van der Waals surface area (Å²) in [6, 6.07) is 20.4. The molecule has 4 rings (SSSR count). The molecule has 0 saturated carbocycles. The summed E-state index contributed by atoms with van der Waals surface area (Å²) < 4.78 is 0.154. The molecule has 0 aliphatic rings. The molecule has 1 unspecified atom stereocenters. The highest BCUT2D eigenvalue weighted by Gasteiger charge is 2.46. The van der Waals surface area contributed by atoms with Crippen molar-refractivity contribution in [3.05, 3.63) is 98.8 Å². The van der Waals surface area contributed by atoms with Crippen molar-refractivity contribution < 1.29 is 9.59 Å². The van der Waals surface area contributed by atoms with Crippen LogP contribution in [0.4, 0.5) is 15.6 Å². The van der Waals surface area contributed by atoms with Crippen molar-refractivity contribution in [2.45, 2.75) is 6.92 Å². The number of quaternary nitrogens is 1. The molecular formula is C24H19BrClN4O2S+. The van der Waals surface area contributed by atoms with Crippen molar-refractivity contribution in [1.29, 1.82) is 0 Å². The lowest BCUT2D eigenvalue weighted by Crippen LogP contribution is -2.63. The molecule has 0 fully saturated rings. The highest BCUT2D eigenvalue weighted by molar-refractivity contribution is 9.10. The van der Waals surface area contributed by atoms with Crippen molar-refractivity contribution >= 4 is 61.6 Å². The standard InChI is InChI=1S/C24H18BrClN4O2S/c1-15-2-4-17(5-3-15)22(31)29-30(23(27)32,20-12-10-19(26)11-13-20)24-28-21(14-33-24)16-6-8-18(25)9-7-16/h2-14H,1H3,(H2-,27,29,31,32)/p+1. The summed E-state index contributed by atoms with van der Waals surface area (Å²) in [5.41, 5.74) is 12.1. The number of hydrogen-bond acceptors (Lipinski definition) is 4. The van der Waals surface area contributed by atoms with Gasteiger partial charge >= 0.3 is 11.2 Å². The van der Waals surface area contributed by atoms with Crippen molar-refractivity contribution in [1.82, 2.24) is 15.0 Å². The van der Waals surface area contributed by atoms with Crippen LogP contribution in [0.15, 0.2) is 82.6 Å². The number of rotatable bonds is 4. The number of halogens is 2. The van der Waals surface area contributed by atoms with Crippen LogP contribution in [0.5, 0.6) is 0 Å². The second-order valence-corrected chi connectivity index (χ2v) is 9.50. The smallest absolute Gasteiger partial charge is 0.316 e. The van der Waals surface area contributed by atoms with Crippen LogP contribution >= 0.6 is 38.9 Å². The second-order valence-electron chi connectivity index (χ2n) is 7.31. The topological polar surface area (TPSA) is 85.1 Å². The minimum atomic E-state index is -0.811. The van der Waals surface area contributed by atoms with Crippen molar-refractivity contribution in [3.8, 4) is 11.3 Å². The highest BCUT2D eigenvalue weighted by atomic mass is 79.9. The van der Waals surface area contributed by atoms with E-state index in [0.29, 0.717) is 27.1 Å². The van der Waals surface area contributed by atoms with E-state index in [1.165, 1.54) is 11.3 Å². The third-order valence-corrected chi connectivity index (χ3v) is 6.74. The van der Waals surface area contributed by atoms with E-state index >= 15 is 0 Å². The Labute approximate surface area is 208 Å². The minimum Gasteiger partial charge on any atom is -0.316 e. The number of urea groups is 1. The first kappa shape index (κ1) is 23.1. The summed E-state index contributed by atoms with van der Waals surface area (Å²) in [5.74, 6) is -0.468. The van der Waals surface area contributed by atoms with E-state index in [0.717, 1.165) is 15.6 Å². The molecule has 6 nitrogen and oxygen atoms in total. The summed E-state index contributed by atoms with van der Waals surface area (Å²) in [6.45, 7) is 1.93. The largest absolute Gasteiger partial charge is 0.451 e. The molecule has 0 spiro atoms. The Hall–Kier alpha value is -3.04. The fourth-order valence-electron chi connectivity index (χ4n) is 3.26. The number of thiazole rings is 1. The Balaban J connectivity index is 1.84. The van der Waals surface area contributed by atoms with Gasteiger partial charge in [0.25, 0.3) is 5.91 Å². The maximum atomic E-state index is 13.2. The predicted molar refractivity (Wildman–Crippen MR) is 136 cm³/mol. The number of hydrogen-bond donors (Lipinski definition) is 2. The highest BCUT2D eigenvalue weighted by Crippen LogP contribution is 2.38. The number of nitrogens with zero attached hydrogens (tertiary/aromatic N) is 2. The number of nitrogens with one attached hydrogen (secondary N) is 1. The monoisotopic (exact) mass is 541 g/mol. The maximum Gasteiger partial charge on any atom is 0.451 e. The number of amides is 3. The van der Waals surface area contributed by atoms with Gasteiger partial charge in [-0.05, 0) is 47.9 Å². The van der Waals surface area contributed by atoms with Gasteiger partial charge in [-0.1, -0.05) is 68.7 Å². The minimum absolute atomic E-state index is 0.295. The van der Waals surface area contributed by atoms with Crippen LogP contribution in [0.2, 0.25) is 5.02 Å². The first-order valence-corrected chi connectivity index (χ1v) is 11.9. The van der Waals surface area contributed by atoms with E-state index in [1.807, 2.05) is 48.7 Å². The van der Waals surface area contributed by atoms with Gasteiger partial charge in [0, 0.05) is 38.1 Å². The zero-order valence-corrected chi connectivity index (χ0v) is 20.6. The maximum absolute atomic E-state index is 13.2. The summed E-state index contributed by atoms with van der Waals surface area (Å²) in [6.07, 6.45) is 0. The molecule has 1 atom stereocenters. The molecule has 3 amide bonds. The summed E-state index contributed by atoms with van der Waals surface area (Å²) in [4.78, 5) is 30.9. The van der Waals surface area contributed by atoms with Gasteiger partial charge in [0.15, 0.2) is 5.69 Å². The lowest BCUT2D eigenvalue weighted by Gasteiger charge is -2.29. The van der Waals surface area contributed by atoms with Gasteiger partial charge in [0.05, 0.1) is 5.69 Å². The van der Waals surface area contributed by atoms with E-state index in [-0.39, 0.29) is 0 Å². The summed E-state index contributed by atoms with van der Waals surface area (Å²) in [5, 5.41) is 2.60. The van der Waals surface area contributed by atoms with Gasteiger partial charge in [-0.3, -0.25) is 4.79 Å². The van der Waals surface area contributed by atoms with E-state index in [4.69, 9.17) is 22.3 Å². The number of aryl methyl sites for hydroxylation is 1. The predicted octanol–water partition coefficient (Wildman–Crippen LogP) is 6.60. The molecule has 0 aliphatic carbocycles. The van der Waals surface area contributed by atoms with Crippen LogP contribution in [-0.4, -0.2) is 16.9 Å². The van der Waals surface area contributed by atoms with Crippen LogP contribution in [0.3, 0.4) is 0 Å². The normalized spacial score (nSPS) is 12.7. The molecule has 166 valence electrons.